The molecule has 5 rings (SSSR count). The van der Waals surface area contributed by atoms with E-state index < -0.39 is 29.7 Å². The van der Waals surface area contributed by atoms with E-state index >= 15 is 0 Å². The fraction of sp³-hybridized carbons (Fsp3) is 0.500. The first-order chi connectivity index (χ1) is 17.9. The molecule has 198 valence electrons. The Morgan fingerprint density at radius 1 is 0.946 bits per heavy atom. The third kappa shape index (κ3) is 5.92. The van der Waals surface area contributed by atoms with E-state index in [2.05, 4.69) is 15.5 Å². The third-order valence-corrected chi connectivity index (χ3v) is 7.98. The number of imide groups is 1. The maximum atomic E-state index is 14.1. The summed E-state index contributed by atoms with van der Waals surface area (Å²) in [5.41, 5.74) is 1.61. The van der Waals surface area contributed by atoms with Crippen molar-refractivity contribution >= 4 is 12.1 Å². The van der Waals surface area contributed by atoms with Crippen molar-refractivity contribution in [3.8, 4) is 0 Å². The van der Waals surface area contributed by atoms with Gasteiger partial charge < -0.3 is 15.5 Å². The van der Waals surface area contributed by atoms with Crippen LogP contribution in [-0.4, -0.2) is 54.6 Å². The van der Waals surface area contributed by atoms with Gasteiger partial charge in [-0.05, 0) is 99.0 Å². The normalized spacial score (nSPS) is 23.1. The van der Waals surface area contributed by atoms with Gasteiger partial charge in [-0.1, -0.05) is 18.2 Å². The fourth-order valence-electron chi connectivity index (χ4n) is 5.79. The summed E-state index contributed by atoms with van der Waals surface area (Å²) in [6.07, 6.45) is 4.72. The van der Waals surface area contributed by atoms with Gasteiger partial charge in [0.2, 0.25) is 0 Å². The zero-order valence-electron chi connectivity index (χ0n) is 20.8. The Bertz CT molecular complexity index is 1120. The van der Waals surface area contributed by atoms with Crippen molar-refractivity contribution < 1.29 is 22.8 Å². The summed E-state index contributed by atoms with van der Waals surface area (Å²) in [5.74, 6) is -1.43. The largest absolute Gasteiger partial charge is 0.338 e. The Hall–Kier alpha value is -3.07. The number of urea groups is 2. The van der Waals surface area contributed by atoms with Crippen LogP contribution in [0.1, 0.15) is 55.2 Å². The van der Waals surface area contributed by atoms with Crippen LogP contribution in [0, 0.1) is 29.3 Å². The van der Waals surface area contributed by atoms with Crippen molar-refractivity contribution in [2.75, 3.05) is 32.7 Å². The summed E-state index contributed by atoms with van der Waals surface area (Å²) in [5, 5.41) is 5.67. The summed E-state index contributed by atoms with van der Waals surface area (Å²) < 4.78 is 40.8. The molecule has 0 unspecified atom stereocenters. The number of likely N-dealkylation sites (tertiary alicyclic amines) is 1. The number of piperidine rings is 1. The molecule has 37 heavy (non-hydrogen) atoms. The highest BCUT2D eigenvalue weighted by Gasteiger charge is 2.46. The smallest absolute Gasteiger partial charge is 0.326 e. The van der Waals surface area contributed by atoms with E-state index in [9.17, 15) is 22.8 Å². The molecule has 2 atom stereocenters. The second-order valence-corrected chi connectivity index (χ2v) is 10.4. The molecule has 2 aromatic rings. The molecule has 9 heteroatoms. The van der Waals surface area contributed by atoms with Crippen LogP contribution >= 0.6 is 0 Å². The minimum atomic E-state index is -0.985. The van der Waals surface area contributed by atoms with Gasteiger partial charge in [0.05, 0.1) is 6.04 Å². The molecule has 2 saturated heterocycles. The van der Waals surface area contributed by atoms with Crippen LogP contribution in [0.15, 0.2) is 42.5 Å². The Balaban J connectivity index is 1.14. The quantitative estimate of drug-likeness (QED) is 0.501. The predicted molar refractivity (Wildman–Crippen MR) is 133 cm³/mol. The van der Waals surface area contributed by atoms with Gasteiger partial charge in [0, 0.05) is 19.0 Å². The van der Waals surface area contributed by atoms with Crippen molar-refractivity contribution in [1.82, 2.24) is 20.4 Å². The van der Waals surface area contributed by atoms with Gasteiger partial charge in [-0.2, -0.15) is 0 Å². The number of benzene rings is 2. The number of nitrogens with zero attached hydrogens (tertiary/aromatic N) is 2. The summed E-state index contributed by atoms with van der Waals surface area (Å²) in [6.45, 7) is 3.50. The first-order valence-corrected chi connectivity index (χ1v) is 13.2. The van der Waals surface area contributed by atoms with Gasteiger partial charge >= 0.3 is 12.1 Å². The highest BCUT2D eigenvalue weighted by molar-refractivity contribution is 5.94. The van der Waals surface area contributed by atoms with Crippen LogP contribution < -0.4 is 10.6 Å². The predicted octanol–water partition coefficient (Wildman–Crippen LogP) is 5.18. The van der Waals surface area contributed by atoms with Crippen molar-refractivity contribution in [3.05, 3.63) is 71.0 Å². The van der Waals surface area contributed by atoms with E-state index in [1.807, 2.05) is 12.1 Å². The summed E-state index contributed by atoms with van der Waals surface area (Å²) >= 11 is 0. The highest BCUT2D eigenvalue weighted by atomic mass is 19.2. The molecule has 0 aromatic heterocycles. The van der Waals surface area contributed by atoms with Gasteiger partial charge in [0.15, 0.2) is 11.6 Å². The van der Waals surface area contributed by atoms with E-state index in [4.69, 9.17) is 0 Å². The lowest BCUT2D eigenvalue weighted by atomic mass is 9.86. The molecule has 6 nitrogen and oxygen atoms in total. The lowest BCUT2D eigenvalue weighted by Crippen LogP contribution is -2.58. The number of halogens is 3. The minimum absolute atomic E-state index is 0.0456. The average Bonchev–Trinajstić information content (AvgIpc) is 3.74. The zero-order chi connectivity index (χ0) is 25.9. The molecule has 0 bridgehead atoms. The number of rotatable bonds is 7. The second-order valence-electron chi connectivity index (χ2n) is 10.4. The molecule has 1 aliphatic carbocycles. The molecule has 2 heterocycles. The van der Waals surface area contributed by atoms with E-state index in [0.29, 0.717) is 30.5 Å². The SMILES string of the molecule is O=C(NCCCN1CCC(c2ccc(F)cc2)CC1)N1C(=O)NC[C@@H](C2CC2)[C@H]1c1ccc(F)c(F)c1. The molecule has 1 saturated carbocycles. The van der Waals surface area contributed by atoms with E-state index in [-0.39, 0.29) is 11.7 Å². The lowest BCUT2D eigenvalue weighted by Gasteiger charge is -2.40. The highest BCUT2D eigenvalue weighted by Crippen LogP contribution is 2.46. The maximum Gasteiger partial charge on any atom is 0.326 e. The molecule has 3 fully saturated rings. The van der Waals surface area contributed by atoms with Crippen LogP contribution in [-0.2, 0) is 0 Å². The number of carbonyl (C=O) groups is 2. The van der Waals surface area contributed by atoms with Crippen LogP contribution in [0.5, 0.6) is 0 Å². The minimum Gasteiger partial charge on any atom is -0.338 e. The summed E-state index contributed by atoms with van der Waals surface area (Å²) in [4.78, 5) is 29.4. The Labute approximate surface area is 215 Å². The molecule has 2 N–H and O–H groups in total. The molecule has 0 radical (unpaired) electrons. The van der Waals surface area contributed by atoms with E-state index in [0.717, 1.165) is 68.8 Å². The summed E-state index contributed by atoms with van der Waals surface area (Å²) in [6, 6.07) is 8.69. The number of nitrogens with one attached hydrogen (secondary N) is 2. The van der Waals surface area contributed by atoms with Crippen molar-refractivity contribution in [3.63, 3.8) is 0 Å². The molecular weight excluding hydrogens is 481 g/mol. The standard InChI is InChI=1S/C28H33F3N4O2/c29-22-7-4-18(5-8-22)19-10-14-34(15-11-19)13-1-12-32-27(36)35-26(21-6-9-24(30)25(31)16-21)23(20-2-3-20)17-33-28(35)37/h4-9,16,19-20,23,26H,1-3,10-15,17H2,(H,32,36)(H,33,37)/t23-,26+/m0/s1. The van der Waals surface area contributed by atoms with Crippen LogP contribution in [0.4, 0.5) is 22.8 Å². The lowest BCUT2D eigenvalue weighted by molar-refractivity contribution is 0.122. The molecule has 4 amide bonds. The molecule has 2 aliphatic heterocycles. The number of amides is 4. The van der Waals surface area contributed by atoms with Gasteiger partial charge in [-0.3, -0.25) is 0 Å². The first-order valence-electron chi connectivity index (χ1n) is 13.2. The Morgan fingerprint density at radius 2 is 1.65 bits per heavy atom. The van der Waals surface area contributed by atoms with Crippen molar-refractivity contribution in [2.45, 2.75) is 44.1 Å². The van der Waals surface area contributed by atoms with Crippen molar-refractivity contribution in [2.24, 2.45) is 11.8 Å². The van der Waals surface area contributed by atoms with E-state index in [1.165, 1.54) is 23.8 Å². The Morgan fingerprint density at radius 3 is 2.32 bits per heavy atom. The van der Waals surface area contributed by atoms with Gasteiger partial charge in [0.1, 0.15) is 5.82 Å². The number of hydrogen-bond acceptors (Lipinski definition) is 3. The first kappa shape index (κ1) is 25.6. The molecule has 0 spiro atoms. The molecule has 2 aromatic carbocycles. The van der Waals surface area contributed by atoms with Crippen molar-refractivity contribution in [1.29, 1.82) is 0 Å². The zero-order valence-corrected chi connectivity index (χ0v) is 20.8. The molecule has 3 aliphatic rings. The molecular formula is C28H33F3N4O2. The number of carbonyl (C=O) groups excluding carboxylic acids is 2. The van der Waals surface area contributed by atoms with Crippen LogP contribution in [0.2, 0.25) is 0 Å². The third-order valence-electron chi connectivity index (χ3n) is 7.98. The monoisotopic (exact) mass is 514 g/mol. The Kier molecular flexibility index (Phi) is 7.69. The second kappa shape index (κ2) is 11.1. The van der Waals surface area contributed by atoms with Crippen LogP contribution in [0.25, 0.3) is 0 Å². The fourth-order valence-corrected chi connectivity index (χ4v) is 5.79. The van der Waals surface area contributed by atoms with Gasteiger partial charge in [-0.15, -0.1) is 0 Å². The summed E-state index contributed by atoms with van der Waals surface area (Å²) in [7, 11) is 0. The number of hydrogen-bond donors (Lipinski definition) is 2. The van der Waals surface area contributed by atoms with E-state index in [1.54, 1.807) is 0 Å². The topological polar surface area (TPSA) is 64.7 Å². The average molecular weight is 515 g/mol. The van der Waals surface area contributed by atoms with Gasteiger partial charge in [0.25, 0.3) is 0 Å². The van der Waals surface area contributed by atoms with Gasteiger partial charge in [-0.25, -0.2) is 27.7 Å². The maximum absolute atomic E-state index is 14.1. The van der Waals surface area contributed by atoms with Crippen LogP contribution in [0.3, 0.4) is 0 Å².